The molecule has 0 radical (unpaired) electrons. The molecule has 4 nitrogen and oxygen atoms in total. The number of rotatable bonds is 1. The maximum Gasteiger partial charge on any atom is 0.316 e. The van der Waals surface area contributed by atoms with Crippen LogP contribution >= 0.6 is 0 Å². The van der Waals surface area contributed by atoms with Crippen LogP contribution in [0.4, 0.5) is 5.69 Å². The minimum absolute atomic E-state index is 0.311. The molecular formula is C16H14N2O2. The van der Waals surface area contributed by atoms with E-state index in [-0.39, 0.29) is 6.04 Å². The molecule has 0 fully saturated rings. The zero-order valence-corrected chi connectivity index (χ0v) is 11.0. The lowest BCUT2D eigenvalue weighted by Gasteiger charge is -2.19. The van der Waals surface area contributed by atoms with E-state index in [1.165, 1.54) is 4.90 Å². The third-order valence-corrected chi connectivity index (χ3v) is 3.52. The highest BCUT2D eigenvalue weighted by molar-refractivity contribution is 6.40. The lowest BCUT2D eigenvalue weighted by molar-refractivity contribution is -0.137. The standard InChI is InChI=1S/C16H14N2O2/c1-18-13-10-6-5-9-12(13)14(17-15(19)16(18)20)11-7-3-2-4-8-11/h2-10,14H,1H3,(H,17,19). The predicted octanol–water partition coefficient (Wildman–Crippen LogP) is 1.87. The number of carbonyl (C=O) groups is 2. The summed E-state index contributed by atoms with van der Waals surface area (Å²) in [6.07, 6.45) is 0. The summed E-state index contributed by atoms with van der Waals surface area (Å²) in [5.41, 5.74) is 2.63. The number of anilines is 1. The Hall–Kier alpha value is -2.62. The maximum atomic E-state index is 12.0. The van der Waals surface area contributed by atoms with Gasteiger partial charge in [-0.15, -0.1) is 0 Å². The van der Waals surface area contributed by atoms with E-state index in [1.807, 2.05) is 54.6 Å². The average Bonchev–Trinajstić information content (AvgIpc) is 2.60. The van der Waals surface area contributed by atoms with Gasteiger partial charge in [-0.3, -0.25) is 9.59 Å². The first-order valence-electron chi connectivity index (χ1n) is 6.41. The van der Waals surface area contributed by atoms with Crippen LogP contribution in [0.2, 0.25) is 0 Å². The molecule has 0 aromatic heterocycles. The zero-order valence-electron chi connectivity index (χ0n) is 11.0. The smallest absolute Gasteiger partial charge is 0.316 e. The average molecular weight is 266 g/mol. The number of para-hydroxylation sites is 1. The SMILES string of the molecule is CN1C(=O)C(=O)NC(c2ccccc2)c2ccccc21. The quantitative estimate of drug-likeness (QED) is 0.801. The van der Waals surface area contributed by atoms with Crippen molar-refractivity contribution in [3.05, 3.63) is 65.7 Å². The van der Waals surface area contributed by atoms with Crippen LogP contribution in [0.1, 0.15) is 17.2 Å². The summed E-state index contributed by atoms with van der Waals surface area (Å²) in [7, 11) is 1.62. The van der Waals surface area contributed by atoms with Gasteiger partial charge in [0.05, 0.1) is 6.04 Å². The zero-order chi connectivity index (χ0) is 14.1. The first-order valence-corrected chi connectivity index (χ1v) is 6.41. The van der Waals surface area contributed by atoms with E-state index in [2.05, 4.69) is 5.32 Å². The van der Waals surface area contributed by atoms with Crippen molar-refractivity contribution in [2.75, 3.05) is 11.9 Å². The minimum Gasteiger partial charge on any atom is -0.337 e. The molecule has 1 unspecified atom stereocenters. The fourth-order valence-corrected chi connectivity index (χ4v) is 2.48. The van der Waals surface area contributed by atoms with Crippen molar-refractivity contribution in [3.8, 4) is 0 Å². The molecule has 2 aromatic carbocycles. The van der Waals surface area contributed by atoms with Crippen molar-refractivity contribution in [1.82, 2.24) is 5.32 Å². The minimum atomic E-state index is -0.586. The lowest BCUT2D eigenvalue weighted by Crippen LogP contribution is -2.39. The summed E-state index contributed by atoms with van der Waals surface area (Å²) in [4.78, 5) is 25.4. The fourth-order valence-electron chi connectivity index (χ4n) is 2.48. The molecular weight excluding hydrogens is 252 g/mol. The van der Waals surface area contributed by atoms with Crippen LogP contribution in [0.25, 0.3) is 0 Å². The van der Waals surface area contributed by atoms with Gasteiger partial charge in [-0.25, -0.2) is 0 Å². The van der Waals surface area contributed by atoms with Gasteiger partial charge in [-0.2, -0.15) is 0 Å². The van der Waals surface area contributed by atoms with Crippen molar-refractivity contribution >= 4 is 17.5 Å². The summed E-state index contributed by atoms with van der Waals surface area (Å²) in [6.45, 7) is 0. The van der Waals surface area contributed by atoms with Crippen LogP contribution in [0.5, 0.6) is 0 Å². The maximum absolute atomic E-state index is 12.0. The molecule has 2 amide bonds. The third kappa shape index (κ3) is 1.95. The van der Waals surface area contributed by atoms with E-state index in [9.17, 15) is 9.59 Å². The summed E-state index contributed by atoms with van der Waals surface area (Å²) in [6, 6.07) is 16.9. The molecule has 0 spiro atoms. The molecule has 1 aliphatic rings. The van der Waals surface area contributed by atoms with Gasteiger partial charge in [0, 0.05) is 18.3 Å². The number of fused-ring (bicyclic) bond motifs is 1. The molecule has 100 valence electrons. The number of amides is 2. The summed E-state index contributed by atoms with van der Waals surface area (Å²) in [5.74, 6) is -1.13. The number of hydrogen-bond donors (Lipinski definition) is 1. The number of hydrogen-bond acceptors (Lipinski definition) is 2. The number of nitrogens with one attached hydrogen (secondary N) is 1. The van der Waals surface area contributed by atoms with Crippen LogP contribution < -0.4 is 10.2 Å². The normalized spacial score (nSPS) is 18.2. The monoisotopic (exact) mass is 266 g/mol. The Morgan fingerprint density at radius 3 is 2.35 bits per heavy atom. The van der Waals surface area contributed by atoms with E-state index in [0.29, 0.717) is 0 Å². The second-order valence-electron chi connectivity index (χ2n) is 4.74. The molecule has 3 rings (SSSR count). The second-order valence-corrected chi connectivity index (χ2v) is 4.74. The molecule has 0 saturated carbocycles. The Balaban J connectivity index is 2.18. The van der Waals surface area contributed by atoms with E-state index in [0.717, 1.165) is 16.8 Å². The number of benzene rings is 2. The summed E-state index contributed by atoms with van der Waals surface area (Å²) in [5, 5.41) is 2.80. The molecule has 0 saturated heterocycles. The molecule has 0 aliphatic carbocycles. The van der Waals surface area contributed by atoms with Gasteiger partial charge in [-0.1, -0.05) is 48.5 Å². The Morgan fingerprint density at radius 2 is 1.60 bits per heavy atom. The summed E-state index contributed by atoms with van der Waals surface area (Å²) >= 11 is 0. The molecule has 4 heteroatoms. The first-order chi connectivity index (χ1) is 9.68. The molecule has 0 bridgehead atoms. The van der Waals surface area contributed by atoms with Crippen LogP contribution in [0, 0.1) is 0 Å². The Bertz CT molecular complexity index is 667. The highest BCUT2D eigenvalue weighted by atomic mass is 16.2. The van der Waals surface area contributed by atoms with Gasteiger partial charge in [0.2, 0.25) is 0 Å². The van der Waals surface area contributed by atoms with Crippen LogP contribution in [-0.4, -0.2) is 18.9 Å². The van der Waals surface area contributed by atoms with Crippen molar-refractivity contribution in [1.29, 1.82) is 0 Å². The second kappa shape index (κ2) is 4.81. The van der Waals surface area contributed by atoms with Crippen molar-refractivity contribution in [3.63, 3.8) is 0 Å². The van der Waals surface area contributed by atoms with Crippen LogP contribution in [0.3, 0.4) is 0 Å². The van der Waals surface area contributed by atoms with E-state index < -0.39 is 11.8 Å². The molecule has 1 aliphatic heterocycles. The van der Waals surface area contributed by atoms with Crippen molar-refractivity contribution in [2.45, 2.75) is 6.04 Å². The largest absolute Gasteiger partial charge is 0.337 e. The molecule has 2 aromatic rings. The van der Waals surface area contributed by atoms with E-state index in [1.54, 1.807) is 7.05 Å². The van der Waals surface area contributed by atoms with Gasteiger partial charge < -0.3 is 10.2 Å². The number of carbonyl (C=O) groups excluding carboxylic acids is 2. The molecule has 1 atom stereocenters. The van der Waals surface area contributed by atoms with Crippen molar-refractivity contribution < 1.29 is 9.59 Å². The van der Waals surface area contributed by atoms with E-state index in [4.69, 9.17) is 0 Å². The Labute approximate surface area is 117 Å². The molecule has 20 heavy (non-hydrogen) atoms. The third-order valence-electron chi connectivity index (χ3n) is 3.52. The fraction of sp³-hybridized carbons (Fsp3) is 0.125. The lowest BCUT2D eigenvalue weighted by atomic mass is 9.97. The van der Waals surface area contributed by atoms with Crippen LogP contribution in [-0.2, 0) is 9.59 Å². The predicted molar refractivity (Wildman–Crippen MR) is 76.3 cm³/mol. The Kier molecular flexibility index (Phi) is 2.99. The van der Waals surface area contributed by atoms with Gasteiger partial charge in [0.1, 0.15) is 0 Å². The molecule has 1 N–H and O–H groups in total. The van der Waals surface area contributed by atoms with Crippen LogP contribution in [0.15, 0.2) is 54.6 Å². The first kappa shape index (κ1) is 12.4. The number of likely N-dealkylation sites (N-methyl/N-ethyl adjacent to an activating group) is 1. The number of nitrogens with zero attached hydrogens (tertiary/aromatic N) is 1. The molecule has 1 heterocycles. The van der Waals surface area contributed by atoms with E-state index >= 15 is 0 Å². The van der Waals surface area contributed by atoms with Gasteiger partial charge in [0.15, 0.2) is 0 Å². The topological polar surface area (TPSA) is 49.4 Å². The Morgan fingerprint density at radius 1 is 0.950 bits per heavy atom. The highest BCUT2D eigenvalue weighted by Crippen LogP contribution is 2.32. The van der Waals surface area contributed by atoms with Gasteiger partial charge >= 0.3 is 11.8 Å². The highest BCUT2D eigenvalue weighted by Gasteiger charge is 2.31. The van der Waals surface area contributed by atoms with Gasteiger partial charge in [0.25, 0.3) is 0 Å². The summed E-state index contributed by atoms with van der Waals surface area (Å²) < 4.78 is 0. The van der Waals surface area contributed by atoms with Gasteiger partial charge in [-0.05, 0) is 11.6 Å². The van der Waals surface area contributed by atoms with Crippen molar-refractivity contribution in [2.24, 2.45) is 0 Å².